The molecule has 6 nitrogen and oxygen atoms in total. The Bertz CT molecular complexity index is 837. The number of sulfonamides is 1. The van der Waals surface area contributed by atoms with Gasteiger partial charge in [-0.2, -0.15) is 0 Å². The molecule has 2 aliphatic rings. The molecular formula is C21H31F2N3O3S. The molecular weight excluding hydrogens is 412 g/mol. The molecule has 9 heteroatoms. The SMILES string of the molecule is CS(=O)(=O)NCC[C@@H]1CCCCN1C(=O)NCC1(c2c(F)cccc2F)CCCC1. The molecule has 1 aromatic rings. The molecule has 0 aromatic heterocycles. The van der Waals surface area contributed by atoms with Gasteiger partial charge in [-0.1, -0.05) is 18.9 Å². The molecule has 2 fully saturated rings. The van der Waals surface area contributed by atoms with Crippen LogP contribution in [-0.2, 0) is 15.4 Å². The molecule has 0 radical (unpaired) electrons. The smallest absolute Gasteiger partial charge is 0.317 e. The van der Waals surface area contributed by atoms with Crippen molar-refractivity contribution < 1.29 is 22.0 Å². The van der Waals surface area contributed by atoms with Crippen molar-refractivity contribution in [1.82, 2.24) is 14.9 Å². The third kappa shape index (κ3) is 5.49. The Morgan fingerprint density at radius 2 is 1.83 bits per heavy atom. The van der Waals surface area contributed by atoms with Crippen LogP contribution in [0.3, 0.4) is 0 Å². The van der Waals surface area contributed by atoms with Crippen LogP contribution in [0.1, 0.15) is 56.9 Å². The minimum absolute atomic E-state index is 0.0577. The summed E-state index contributed by atoms with van der Waals surface area (Å²) in [5.74, 6) is -1.12. The second-order valence-corrected chi connectivity index (χ2v) is 10.4. The van der Waals surface area contributed by atoms with Crippen LogP contribution < -0.4 is 10.0 Å². The van der Waals surface area contributed by atoms with E-state index in [0.717, 1.165) is 38.4 Å². The second kappa shape index (κ2) is 9.60. The summed E-state index contributed by atoms with van der Waals surface area (Å²) in [6, 6.07) is 3.60. The summed E-state index contributed by atoms with van der Waals surface area (Å²) in [4.78, 5) is 14.7. The van der Waals surface area contributed by atoms with Gasteiger partial charge in [0.15, 0.2) is 0 Å². The van der Waals surface area contributed by atoms with Crippen molar-refractivity contribution in [2.75, 3.05) is 25.9 Å². The van der Waals surface area contributed by atoms with E-state index < -0.39 is 27.1 Å². The standard InChI is InChI=1S/C21H31F2N3O3S/c1-30(28,29)25-13-10-16-7-2-5-14-26(16)20(27)24-15-21(11-3-4-12-21)19-17(22)8-6-9-18(19)23/h6,8-9,16,25H,2-5,7,10-15H2,1H3,(H,24,27)/t16-/m0/s1. The van der Waals surface area contributed by atoms with Crippen LogP contribution >= 0.6 is 0 Å². The molecule has 1 aromatic carbocycles. The first kappa shape index (κ1) is 22.9. The van der Waals surface area contributed by atoms with Gasteiger partial charge in [0.25, 0.3) is 0 Å². The first-order valence-electron chi connectivity index (χ1n) is 10.7. The number of nitrogens with zero attached hydrogens (tertiary/aromatic N) is 1. The van der Waals surface area contributed by atoms with Crippen molar-refractivity contribution in [3.05, 3.63) is 35.4 Å². The van der Waals surface area contributed by atoms with Gasteiger partial charge in [-0.05, 0) is 50.7 Å². The summed E-state index contributed by atoms with van der Waals surface area (Å²) in [6.07, 6.45) is 7.33. The van der Waals surface area contributed by atoms with E-state index in [9.17, 15) is 22.0 Å². The molecule has 0 spiro atoms. The normalized spacial score (nSPS) is 21.6. The van der Waals surface area contributed by atoms with E-state index in [1.807, 2.05) is 0 Å². The molecule has 1 aliphatic carbocycles. The molecule has 168 valence electrons. The molecule has 1 aliphatic heterocycles. The maximum absolute atomic E-state index is 14.5. The third-order valence-corrected chi connectivity index (χ3v) is 7.09. The van der Waals surface area contributed by atoms with E-state index in [-0.39, 0.29) is 30.7 Å². The van der Waals surface area contributed by atoms with E-state index in [1.54, 1.807) is 4.90 Å². The number of benzene rings is 1. The minimum atomic E-state index is -3.27. The Morgan fingerprint density at radius 3 is 2.47 bits per heavy atom. The number of nitrogens with one attached hydrogen (secondary N) is 2. The van der Waals surface area contributed by atoms with Crippen molar-refractivity contribution in [2.45, 2.75) is 62.8 Å². The van der Waals surface area contributed by atoms with Crippen LogP contribution in [-0.4, -0.2) is 51.3 Å². The molecule has 30 heavy (non-hydrogen) atoms. The zero-order valence-corrected chi connectivity index (χ0v) is 18.2. The zero-order chi connectivity index (χ0) is 21.8. The van der Waals surface area contributed by atoms with E-state index in [2.05, 4.69) is 10.0 Å². The van der Waals surface area contributed by atoms with Crippen molar-refractivity contribution in [3.8, 4) is 0 Å². The van der Waals surface area contributed by atoms with Crippen molar-refractivity contribution in [1.29, 1.82) is 0 Å². The second-order valence-electron chi connectivity index (χ2n) is 8.54. The highest BCUT2D eigenvalue weighted by atomic mass is 32.2. The number of hydrogen-bond donors (Lipinski definition) is 2. The van der Waals surface area contributed by atoms with Crippen LogP contribution in [0.4, 0.5) is 13.6 Å². The molecule has 1 saturated carbocycles. The Hall–Kier alpha value is -1.74. The number of carbonyl (C=O) groups excluding carboxylic acids is 1. The van der Waals surface area contributed by atoms with E-state index in [4.69, 9.17) is 0 Å². The summed E-state index contributed by atoms with van der Waals surface area (Å²) < 4.78 is 54.1. The Labute approximate surface area is 177 Å². The van der Waals surface area contributed by atoms with Gasteiger partial charge in [-0.15, -0.1) is 0 Å². The molecule has 0 bridgehead atoms. The highest BCUT2D eigenvalue weighted by Crippen LogP contribution is 2.42. The fraction of sp³-hybridized carbons (Fsp3) is 0.667. The van der Waals surface area contributed by atoms with E-state index in [0.29, 0.717) is 25.8 Å². The molecule has 3 rings (SSSR count). The molecule has 0 unspecified atom stereocenters. The van der Waals surface area contributed by atoms with Crippen LogP contribution in [0.15, 0.2) is 18.2 Å². The van der Waals surface area contributed by atoms with E-state index >= 15 is 0 Å². The minimum Gasteiger partial charge on any atom is -0.337 e. The summed E-state index contributed by atoms with van der Waals surface area (Å²) in [7, 11) is -3.27. The fourth-order valence-corrected chi connectivity index (χ4v) is 5.39. The van der Waals surface area contributed by atoms with Gasteiger partial charge >= 0.3 is 6.03 Å². The van der Waals surface area contributed by atoms with Gasteiger partial charge < -0.3 is 10.2 Å². The number of hydrogen-bond acceptors (Lipinski definition) is 3. The predicted octanol–water partition coefficient (Wildman–Crippen LogP) is 3.28. The van der Waals surface area contributed by atoms with Gasteiger partial charge in [-0.3, -0.25) is 0 Å². The van der Waals surface area contributed by atoms with Crippen molar-refractivity contribution in [3.63, 3.8) is 0 Å². The van der Waals surface area contributed by atoms with Gasteiger partial charge in [0, 0.05) is 36.7 Å². The largest absolute Gasteiger partial charge is 0.337 e. The summed E-state index contributed by atoms with van der Waals surface area (Å²) in [6.45, 7) is 1.06. The fourth-order valence-electron chi connectivity index (χ4n) is 4.90. The molecule has 1 saturated heterocycles. The average Bonchev–Trinajstić information content (AvgIpc) is 3.15. The number of amides is 2. The van der Waals surface area contributed by atoms with Crippen LogP contribution in [0.5, 0.6) is 0 Å². The highest BCUT2D eigenvalue weighted by Gasteiger charge is 2.40. The van der Waals surface area contributed by atoms with Gasteiger partial charge in [-0.25, -0.2) is 26.7 Å². The number of rotatable bonds is 7. The Balaban J connectivity index is 1.67. The van der Waals surface area contributed by atoms with Crippen molar-refractivity contribution in [2.24, 2.45) is 0 Å². The Morgan fingerprint density at radius 1 is 1.17 bits per heavy atom. The molecule has 1 atom stereocenters. The zero-order valence-electron chi connectivity index (χ0n) is 17.4. The summed E-state index contributed by atoms with van der Waals surface area (Å²) in [5.41, 5.74) is -0.649. The van der Waals surface area contributed by atoms with Crippen molar-refractivity contribution >= 4 is 16.1 Å². The average molecular weight is 444 g/mol. The number of piperidine rings is 1. The Kier molecular flexibility index (Phi) is 7.34. The first-order valence-corrected chi connectivity index (χ1v) is 12.5. The van der Waals surface area contributed by atoms with Crippen LogP contribution in [0, 0.1) is 11.6 Å². The molecule has 2 amide bonds. The quantitative estimate of drug-likeness (QED) is 0.679. The maximum Gasteiger partial charge on any atom is 0.317 e. The van der Waals surface area contributed by atoms with Gasteiger partial charge in [0.1, 0.15) is 11.6 Å². The van der Waals surface area contributed by atoms with Gasteiger partial charge in [0.2, 0.25) is 10.0 Å². The third-order valence-electron chi connectivity index (χ3n) is 6.36. The summed E-state index contributed by atoms with van der Waals surface area (Å²) >= 11 is 0. The molecule has 2 N–H and O–H groups in total. The lowest BCUT2D eigenvalue weighted by molar-refractivity contribution is 0.144. The lowest BCUT2D eigenvalue weighted by Crippen LogP contribution is -2.52. The number of likely N-dealkylation sites (tertiary alicyclic amines) is 1. The summed E-state index contributed by atoms with van der Waals surface area (Å²) in [5, 5.41) is 2.94. The topological polar surface area (TPSA) is 78.5 Å². The number of carbonyl (C=O) groups is 1. The lowest BCUT2D eigenvalue weighted by Gasteiger charge is -2.37. The first-order chi connectivity index (χ1) is 14.2. The van der Waals surface area contributed by atoms with Crippen LogP contribution in [0.2, 0.25) is 0 Å². The lowest BCUT2D eigenvalue weighted by atomic mass is 9.78. The molecule has 1 heterocycles. The highest BCUT2D eigenvalue weighted by molar-refractivity contribution is 7.88. The monoisotopic (exact) mass is 443 g/mol. The van der Waals surface area contributed by atoms with Crippen LogP contribution in [0.25, 0.3) is 0 Å². The van der Waals surface area contributed by atoms with Gasteiger partial charge in [0.05, 0.1) is 6.26 Å². The maximum atomic E-state index is 14.5. The number of urea groups is 1. The van der Waals surface area contributed by atoms with E-state index in [1.165, 1.54) is 18.2 Å². The number of halogens is 2. The predicted molar refractivity (Wildman–Crippen MR) is 112 cm³/mol.